The molecule has 0 aliphatic carbocycles. The van der Waals surface area contributed by atoms with Gasteiger partial charge in [0.05, 0.1) is 0 Å². The molecule has 0 fully saturated rings. The van der Waals surface area contributed by atoms with Gasteiger partial charge in [0.1, 0.15) is 0 Å². The number of hydrogen-bond acceptors (Lipinski definition) is 2. The van der Waals surface area contributed by atoms with Crippen molar-refractivity contribution in [1.82, 2.24) is 10.2 Å². The maximum absolute atomic E-state index is 10.9. The van der Waals surface area contributed by atoms with Crippen LogP contribution in [0.1, 0.15) is 5.56 Å². The van der Waals surface area contributed by atoms with E-state index < -0.39 is 0 Å². The molecule has 0 saturated carbocycles. The van der Waals surface area contributed by atoms with Gasteiger partial charge in [0.25, 0.3) is 11.1 Å². The monoisotopic (exact) mass is 152 g/mol. The normalized spacial score (nSPS) is 9.45. The maximum Gasteiger partial charge on any atom is 0.266 e. The van der Waals surface area contributed by atoms with E-state index in [0.717, 1.165) is 0 Å². The van der Waals surface area contributed by atoms with Gasteiger partial charge in [-0.15, -0.1) is 6.58 Å². The first-order chi connectivity index (χ1) is 5.24. The first-order valence-electron chi connectivity index (χ1n) is 3.16. The van der Waals surface area contributed by atoms with Crippen LogP contribution in [0, 0.1) is 0 Å². The molecule has 1 heterocycles. The lowest BCUT2D eigenvalue weighted by molar-refractivity contribution is 0.922. The topological polar surface area (TPSA) is 65.7 Å². The van der Waals surface area contributed by atoms with Gasteiger partial charge in [-0.25, -0.2) is 0 Å². The minimum atomic E-state index is -0.304. The molecule has 0 aliphatic heterocycles. The van der Waals surface area contributed by atoms with Crippen molar-refractivity contribution in [1.29, 1.82) is 0 Å². The summed E-state index contributed by atoms with van der Waals surface area (Å²) in [5, 5.41) is 4.38. The van der Waals surface area contributed by atoms with Gasteiger partial charge in [-0.05, 0) is 6.42 Å². The van der Waals surface area contributed by atoms with Gasteiger partial charge in [-0.3, -0.25) is 19.8 Å². The summed E-state index contributed by atoms with van der Waals surface area (Å²) in [6, 6.07) is 1.26. The first kappa shape index (κ1) is 7.53. The SMILES string of the molecule is C=CCc1cc(=O)[nH][nH]c1=O. The van der Waals surface area contributed by atoms with E-state index >= 15 is 0 Å². The highest BCUT2D eigenvalue weighted by Gasteiger charge is 1.95. The zero-order valence-electron chi connectivity index (χ0n) is 5.89. The molecule has 0 atom stereocenters. The standard InChI is InChI=1S/C7H8N2O2/c1-2-3-5-4-6(10)8-9-7(5)11/h2,4H,1,3H2,(H,8,10)(H,9,11). The Morgan fingerprint density at radius 2 is 2.18 bits per heavy atom. The molecule has 58 valence electrons. The summed E-state index contributed by atoms with van der Waals surface area (Å²) in [5.74, 6) is 0. The molecule has 1 aromatic rings. The Hall–Kier alpha value is -1.58. The van der Waals surface area contributed by atoms with Crippen LogP contribution in [0.3, 0.4) is 0 Å². The fourth-order valence-corrected chi connectivity index (χ4v) is 0.766. The van der Waals surface area contributed by atoms with Crippen LogP contribution in [0.4, 0.5) is 0 Å². The number of aromatic nitrogens is 2. The van der Waals surface area contributed by atoms with Gasteiger partial charge in [-0.2, -0.15) is 0 Å². The van der Waals surface area contributed by atoms with Crippen molar-refractivity contribution in [3.8, 4) is 0 Å². The van der Waals surface area contributed by atoms with Crippen molar-refractivity contribution in [3.05, 3.63) is 45.0 Å². The Morgan fingerprint density at radius 1 is 1.45 bits per heavy atom. The average Bonchev–Trinajstić information content (AvgIpc) is 1.98. The summed E-state index contributed by atoms with van der Waals surface area (Å²) in [6.07, 6.45) is 1.99. The quantitative estimate of drug-likeness (QED) is 0.576. The molecule has 0 saturated heterocycles. The molecular formula is C7H8N2O2. The summed E-state index contributed by atoms with van der Waals surface area (Å²) in [7, 11) is 0. The maximum atomic E-state index is 10.9. The lowest BCUT2D eigenvalue weighted by Crippen LogP contribution is -2.21. The van der Waals surface area contributed by atoms with Gasteiger partial charge in [0, 0.05) is 11.6 Å². The Labute approximate surface area is 62.6 Å². The van der Waals surface area contributed by atoms with E-state index in [9.17, 15) is 9.59 Å². The molecule has 4 heteroatoms. The first-order valence-corrected chi connectivity index (χ1v) is 3.16. The second kappa shape index (κ2) is 3.01. The highest BCUT2D eigenvalue weighted by molar-refractivity contribution is 5.09. The largest absolute Gasteiger partial charge is 0.268 e. The van der Waals surface area contributed by atoms with E-state index in [1.807, 2.05) is 0 Å². The fourth-order valence-electron chi connectivity index (χ4n) is 0.766. The van der Waals surface area contributed by atoms with Crippen molar-refractivity contribution < 1.29 is 0 Å². The molecule has 1 aromatic heterocycles. The zero-order valence-corrected chi connectivity index (χ0v) is 5.89. The van der Waals surface area contributed by atoms with Crippen LogP contribution < -0.4 is 11.1 Å². The van der Waals surface area contributed by atoms with Crippen molar-refractivity contribution in [2.45, 2.75) is 6.42 Å². The van der Waals surface area contributed by atoms with Crippen molar-refractivity contribution >= 4 is 0 Å². The van der Waals surface area contributed by atoms with Gasteiger partial charge in [0.2, 0.25) is 0 Å². The predicted octanol–water partition coefficient (Wildman–Crippen LogP) is -0.208. The molecule has 1 rings (SSSR count). The molecule has 4 nitrogen and oxygen atoms in total. The van der Waals surface area contributed by atoms with E-state index in [1.54, 1.807) is 6.08 Å². The lowest BCUT2D eigenvalue weighted by atomic mass is 10.2. The van der Waals surface area contributed by atoms with E-state index in [2.05, 4.69) is 16.8 Å². The van der Waals surface area contributed by atoms with Gasteiger partial charge in [0.15, 0.2) is 0 Å². The van der Waals surface area contributed by atoms with E-state index in [1.165, 1.54) is 6.07 Å². The van der Waals surface area contributed by atoms with Gasteiger partial charge in [-0.1, -0.05) is 6.08 Å². The third kappa shape index (κ3) is 1.67. The summed E-state index contributed by atoms with van der Waals surface area (Å²) in [5.41, 5.74) is -0.144. The number of allylic oxidation sites excluding steroid dienone is 1. The molecule has 0 unspecified atom stereocenters. The average molecular weight is 152 g/mol. The lowest BCUT2D eigenvalue weighted by Gasteiger charge is -1.90. The van der Waals surface area contributed by atoms with E-state index in [-0.39, 0.29) is 11.1 Å². The van der Waals surface area contributed by atoms with Crippen LogP contribution >= 0.6 is 0 Å². The Morgan fingerprint density at radius 3 is 2.82 bits per heavy atom. The second-order valence-corrected chi connectivity index (χ2v) is 2.11. The van der Waals surface area contributed by atoms with E-state index in [4.69, 9.17) is 0 Å². The molecule has 0 radical (unpaired) electrons. The highest BCUT2D eigenvalue weighted by Crippen LogP contribution is 1.85. The molecule has 0 amide bonds. The van der Waals surface area contributed by atoms with Crippen LogP contribution in [0.2, 0.25) is 0 Å². The molecule has 2 N–H and O–H groups in total. The molecule has 0 aromatic carbocycles. The molecule has 0 bridgehead atoms. The van der Waals surface area contributed by atoms with Crippen LogP contribution in [0.15, 0.2) is 28.3 Å². The molecule has 11 heavy (non-hydrogen) atoms. The molecule has 0 spiro atoms. The summed E-state index contributed by atoms with van der Waals surface area (Å²) in [4.78, 5) is 21.5. The minimum Gasteiger partial charge on any atom is -0.268 e. The van der Waals surface area contributed by atoms with Crippen LogP contribution in [0.5, 0.6) is 0 Å². The number of H-pyrrole nitrogens is 2. The zero-order chi connectivity index (χ0) is 8.27. The second-order valence-electron chi connectivity index (χ2n) is 2.11. The Balaban J connectivity index is 3.23. The van der Waals surface area contributed by atoms with E-state index in [0.29, 0.717) is 12.0 Å². The van der Waals surface area contributed by atoms with Crippen molar-refractivity contribution in [2.75, 3.05) is 0 Å². The summed E-state index contributed by atoms with van der Waals surface area (Å²) >= 11 is 0. The fraction of sp³-hybridized carbons (Fsp3) is 0.143. The number of hydrogen-bond donors (Lipinski definition) is 2. The van der Waals surface area contributed by atoms with Crippen LogP contribution in [-0.4, -0.2) is 10.2 Å². The molecule has 0 aliphatic rings. The van der Waals surface area contributed by atoms with Crippen molar-refractivity contribution in [2.24, 2.45) is 0 Å². The predicted molar refractivity (Wildman–Crippen MR) is 41.6 cm³/mol. The summed E-state index contributed by atoms with van der Waals surface area (Å²) in [6.45, 7) is 3.46. The third-order valence-corrected chi connectivity index (χ3v) is 1.26. The minimum absolute atomic E-state index is 0.274. The smallest absolute Gasteiger partial charge is 0.266 e. The van der Waals surface area contributed by atoms with Crippen molar-refractivity contribution in [3.63, 3.8) is 0 Å². The van der Waals surface area contributed by atoms with Gasteiger partial charge >= 0.3 is 0 Å². The molecular weight excluding hydrogens is 144 g/mol. The van der Waals surface area contributed by atoms with Crippen LogP contribution in [-0.2, 0) is 6.42 Å². The number of aromatic amines is 2. The van der Waals surface area contributed by atoms with Gasteiger partial charge < -0.3 is 0 Å². The van der Waals surface area contributed by atoms with Crippen LogP contribution in [0.25, 0.3) is 0 Å². The third-order valence-electron chi connectivity index (χ3n) is 1.26. The summed E-state index contributed by atoms with van der Waals surface area (Å²) < 4.78 is 0. The number of nitrogens with one attached hydrogen (secondary N) is 2. The Bertz CT molecular complexity index is 361. The highest BCUT2D eigenvalue weighted by atomic mass is 16.1. The Kier molecular flexibility index (Phi) is 2.06. The number of rotatable bonds is 2.